The van der Waals surface area contributed by atoms with Gasteiger partial charge in [0.2, 0.25) is 0 Å². The molecule has 1 aromatic carbocycles. The summed E-state index contributed by atoms with van der Waals surface area (Å²) in [5, 5.41) is 12.7. The van der Waals surface area contributed by atoms with E-state index in [9.17, 15) is 9.90 Å². The molecule has 1 heterocycles. The SMILES string of the molecule is CCCN1C(=O)C(=Cc2cccc(O)c2)NC1=S. The summed E-state index contributed by atoms with van der Waals surface area (Å²) in [5.74, 6) is 0.0491. The van der Waals surface area contributed by atoms with Crippen molar-refractivity contribution in [3.05, 3.63) is 35.5 Å². The van der Waals surface area contributed by atoms with Gasteiger partial charge in [-0.3, -0.25) is 9.69 Å². The van der Waals surface area contributed by atoms with Crippen LogP contribution in [0.5, 0.6) is 5.75 Å². The zero-order valence-electron chi connectivity index (χ0n) is 10.0. The van der Waals surface area contributed by atoms with E-state index in [-0.39, 0.29) is 11.7 Å². The van der Waals surface area contributed by atoms with E-state index >= 15 is 0 Å². The lowest BCUT2D eigenvalue weighted by molar-refractivity contribution is -0.122. The number of aromatic hydroxyl groups is 1. The monoisotopic (exact) mass is 262 g/mol. The molecule has 18 heavy (non-hydrogen) atoms. The summed E-state index contributed by atoms with van der Waals surface area (Å²) in [6.07, 6.45) is 2.54. The first-order valence-electron chi connectivity index (χ1n) is 5.75. The van der Waals surface area contributed by atoms with Crippen molar-refractivity contribution in [2.75, 3.05) is 6.54 Å². The highest BCUT2D eigenvalue weighted by molar-refractivity contribution is 7.80. The average Bonchev–Trinajstić information content (AvgIpc) is 2.57. The number of carbonyl (C=O) groups excluding carboxylic acids is 1. The fourth-order valence-electron chi connectivity index (χ4n) is 1.78. The molecule has 1 saturated heterocycles. The van der Waals surface area contributed by atoms with Crippen LogP contribution in [0, 0.1) is 0 Å². The number of nitrogens with one attached hydrogen (secondary N) is 1. The van der Waals surface area contributed by atoms with Crippen molar-refractivity contribution < 1.29 is 9.90 Å². The third kappa shape index (κ3) is 2.51. The van der Waals surface area contributed by atoms with Crippen LogP contribution in [0.2, 0.25) is 0 Å². The Bertz CT molecular complexity index is 525. The minimum absolute atomic E-state index is 0.120. The molecule has 1 amide bonds. The fraction of sp³-hybridized carbons (Fsp3) is 0.231. The van der Waals surface area contributed by atoms with Crippen LogP contribution in [0.4, 0.5) is 0 Å². The standard InChI is InChI=1S/C13H14N2O2S/c1-2-6-15-12(17)11(14-13(15)18)8-9-4-3-5-10(16)7-9/h3-5,7-8,16H,2,6H2,1H3,(H,14,18). The second kappa shape index (κ2) is 5.18. The molecule has 0 unspecified atom stereocenters. The van der Waals surface area contributed by atoms with E-state index in [2.05, 4.69) is 5.32 Å². The van der Waals surface area contributed by atoms with Crippen molar-refractivity contribution >= 4 is 29.3 Å². The van der Waals surface area contributed by atoms with Crippen molar-refractivity contribution in [3.63, 3.8) is 0 Å². The number of rotatable bonds is 3. The molecule has 0 radical (unpaired) electrons. The maximum atomic E-state index is 12.0. The van der Waals surface area contributed by atoms with Crippen LogP contribution in [-0.2, 0) is 4.79 Å². The molecule has 2 N–H and O–H groups in total. The minimum atomic E-state index is -0.120. The van der Waals surface area contributed by atoms with Gasteiger partial charge in [0, 0.05) is 6.54 Å². The highest BCUT2D eigenvalue weighted by atomic mass is 32.1. The zero-order valence-corrected chi connectivity index (χ0v) is 10.8. The number of phenolic OH excluding ortho intramolecular Hbond substituents is 1. The fourth-order valence-corrected chi connectivity index (χ4v) is 2.06. The number of phenols is 1. The third-order valence-corrected chi connectivity index (χ3v) is 2.91. The van der Waals surface area contributed by atoms with Gasteiger partial charge in [-0.2, -0.15) is 0 Å². The number of thiocarbonyl (C=S) groups is 1. The van der Waals surface area contributed by atoms with E-state index in [1.807, 2.05) is 13.0 Å². The molecule has 1 aromatic rings. The topological polar surface area (TPSA) is 52.6 Å². The van der Waals surface area contributed by atoms with Gasteiger partial charge in [-0.25, -0.2) is 0 Å². The molecule has 1 aliphatic rings. The van der Waals surface area contributed by atoms with Crippen LogP contribution in [0.25, 0.3) is 6.08 Å². The Kier molecular flexibility index (Phi) is 3.62. The van der Waals surface area contributed by atoms with Crippen LogP contribution >= 0.6 is 12.2 Å². The van der Waals surface area contributed by atoms with Gasteiger partial charge < -0.3 is 10.4 Å². The number of nitrogens with zero attached hydrogens (tertiary/aromatic N) is 1. The van der Waals surface area contributed by atoms with Crippen LogP contribution in [-0.4, -0.2) is 27.6 Å². The second-order valence-electron chi connectivity index (χ2n) is 4.04. The maximum absolute atomic E-state index is 12.0. The summed E-state index contributed by atoms with van der Waals surface area (Å²) in [6.45, 7) is 2.61. The van der Waals surface area contributed by atoms with E-state index in [0.717, 1.165) is 12.0 Å². The summed E-state index contributed by atoms with van der Waals surface area (Å²) in [5.41, 5.74) is 1.20. The van der Waals surface area contributed by atoms with E-state index in [1.165, 1.54) is 0 Å². The Labute approximate surface area is 111 Å². The molecule has 2 rings (SSSR count). The normalized spacial score (nSPS) is 17.4. The number of benzene rings is 1. The van der Waals surface area contributed by atoms with Gasteiger partial charge >= 0.3 is 0 Å². The Morgan fingerprint density at radius 1 is 1.50 bits per heavy atom. The predicted molar refractivity (Wildman–Crippen MR) is 73.8 cm³/mol. The third-order valence-electron chi connectivity index (χ3n) is 2.59. The average molecular weight is 262 g/mol. The predicted octanol–water partition coefficient (Wildman–Crippen LogP) is 1.86. The molecular weight excluding hydrogens is 248 g/mol. The van der Waals surface area contributed by atoms with Crippen molar-refractivity contribution in [1.29, 1.82) is 0 Å². The molecule has 94 valence electrons. The first-order valence-corrected chi connectivity index (χ1v) is 6.16. The molecule has 0 saturated carbocycles. The Hall–Kier alpha value is -1.88. The lowest BCUT2D eigenvalue weighted by atomic mass is 10.2. The van der Waals surface area contributed by atoms with Gasteiger partial charge in [0.05, 0.1) is 0 Å². The minimum Gasteiger partial charge on any atom is -0.508 e. The molecule has 0 aliphatic carbocycles. The van der Waals surface area contributed by atoms with Gasteiger partial charge in [-0.05, 0) is 42.4 Å². The Morgan fingerprint density at radius 3 is 2.94 bits per heavy atom. The summed E-state index contributed by atoms with van der Waals surface area (Å²) in [7, 11) is 0. The lowest BCUT2D eigenvalue weighted by Crippen LogP contribution is -2.31. The largest absolute Gasteiger partial charge is 0.508 e. The number of amides is 1. The summed E-state index contributed by atoms with van der Waals surface area (Å²) in [6, 6.07) is 6.71. The second-order valence-corrected chi connectivity index (χ2v) is 4.43. The number of carbonyl (C=O) groups is 1. The molecule has 1 aliphatic heterocycles. The quantitative estimate of drug-likeness (QED) is 0.645. The Balaban J connectivity index is 2.25. The van der Waals surface area contributed by atoms with Crippen LogP contribution in [0.15, 0.2) is 30.0 Å². The van der Waals surface area contributed by atoms with E-state index in [4.69, 9.17) is 12.2 Å². The lowest BCUT2D eigenvalue weighted by Gasteiger charge is -2.11. The van der Waals surface area contributed by atoms with Gasteiger partial charge in [-0.15, -0.1) is 0 Å². The summed E-state index contributed by atoms with van der Waals surface area (Å²) >= 11 is 5.11. The van der Waals surface area contributed by atoms with Crippen LogP contribution < -0.4 is 5.32 Å². The summed E-state index contributed by atoms with van der Waals surface area (Å²) < 4.78 is 0. The highest BCUT2D eigenvalue weighted by Crippen LogP contribution is 2.17. The van der Waals surface area contributed by atoms with E-state index in [1.54, 1.807) is 29.2 Å². The molecular formula is C13H14N2O2S. The molecule has 0 atom stereocenters. The first kappa shape index (κ1) is 12.6. The van der Waals surface area contributed by atoms with Crippen molar-refractivity contribution in [2.45, 2.75) is 13.3 Å². The number of hydrogen-bond donors (Lipinski definition) is 2. The van der Waals surface area contributed by atoms with Gasteiger partial charge in [0.15, 0.2) is 5.11 Å². The first-order chi connectivity index (χ1) is 8.61. The van der Waals surface area contributed by atoms with E-state index < -0.39 is 0 Å². The maximum Gasteiger partial charge on any atom is 0.276 e. The van der Waals surface area contributed by atoms with Crippen molar-refractivity contribution in [2.24, 2.45) is 0 Å². The number of hydrogen-bond acceptors (Lipinski definition) is 3. The molecule has 0 aromatic heterocycles. The molecule has 1 fully saturated rings. The van der Waals surface area contributed by atoms with Crippen molar-refractivity contribution in [1.82, 2.24) is 10.2 Å². The van der Waals surface area contributed by atoms with Crippen LogP contribution in [0.1, 0.15) is 18.9 Å². The molecule has 4 nitrogen and oxygen atoms in total. The van der Waals surface area contributed by atoms with Gasteiger partial charge in [-0.1, -0.05) is 19.1 Å². The van der Waals surface area contributed by atoms with Crippen molar-refractivity contribution in [3.8, 4) is 5.75 Å². The summed E-state index contributed by atoms with van der Waals surface area (Å²) in [4.78, 5) is 13.6. The Morgan fingerprint density at radius 2 is 2.28 bits per heavy atom. The molecule has 0 spiro atoms. The molecule has 5 heteroatoms. The van der Waals surface area contributed by atoms with Gasteiger partial charge in [0.1, 0.15) is 11.4 Å². The van der Waals surface area contributed by atoms with E-state index in [0.29, 0.717) is 17.4 Å². The van der Waals surface area contributed by atoms with Gasteiger partial charge in [0.25, 0.3) is 5.91 Å². The molecule has 0 bridgehead atoms. The van der Waals surface area contributed by atoms with Crippen LogP contribution in [0.3, 0.4) is 0 Å². The zero-order chi connectivity index (χ0) is 13.1. The highest BCUT2D eigenvalue weighted by Gasteiger charge is 2.29. The smallest absolute Gasteiger partial charge is 0.276 e.